The molecule has 0 aliphatic carbocycles. The van der Waals surface area contributed by atoms with Crippen LogP contribution in [-0.2, 0) is 0 Å². The number of nitrogens with two attached hydrogens (primary N) is 1. The van der Waals surface area contributed by atoms with E-state index in [4.69, 9.17) is 17.3 Å². The summed E-state index contributed by atoms with van der Waals surface area (Å²) in [5.74, 6) is -0.434. The first-order chi connectivity index (χ1) is 7.99. The fourth-order valence-electron chi connectivity index (χ4n) is 1.39. The van der Waals surface area contributed by atoms with Crippen molar-refractivity contribution in [2.45, 2.75) is 6.04 Å². The molecule has 0 radical (unpaired) electrons. The number of hydrogen-bond donors (Lipinski definition) is 1. The normalized spacial score (nSPS) is 12.8. The van der Waals surface area contributed by atoms with Crippen LogP contribution in [-0.4, -0.2) is 0 Å². The van der Waals surface area contributed by atoms with Crippen LogP contribution in [0.5, 0.6) is 0 Å². The zero-order valence-corrected chi connectivity index (χ0v) is 13.1. The Kier molecular flexibility index (Phi) is 4.26. The molecule has 2 rings (SSSR count). The molecule has 0 fully saturated rings. The molecule has 0 aliphatic heterocycles. The molecule has 0 aliphatic rings. The second kappa shape index (κ2) is 5.36. The molecule has 6 heteroatoms. The monoisotopic (exact) mass is 397 g/mol. The average molecular weight is 400 g/mol. The molecule has 2 aromatic rings. The molecule has 17 heavy (non-hydrogen) atoms. The lowest BCUT2D eigenvalue weighted by molar-refractivity contribution is 0.627. The van der Waals surface area contributed by atoms with E-state index in [1.807, 2.05) is 6.07 Å². The minimum absolute atomic E-state index is 0.0904. The SMILES string of the molecule is NC(c1ccc(F)c(Cl)c1)c1cc(Br)c(Br)s1. The Bertz CT molecular complexity index is 539. The summed E-state index contributed by atoms with van der Waals surface area (Å²) in [5.41, 5.74) is 6.89. The third kappa shape index (κ3) is 2.90. The van der Waals surface area contributed by atoms with Crippen LogP contribution in [0.3, 0.4) is 0 Å². The van der Waals surface area contributed by atoms with Crippen LogP contribution in [0.2, 0.25) is 5.02 Å². The lowest BCUT2D eigenvalue weighted by Gasteiger charge is -2.10. The number of halogens is 4. The van der Waals surface area contributed by atoms with E-state index >= 15 is 0 Å². The third-order valence-electron chi connectivity index (χ3n) is 2.27. The van der Waals surface area contributed by atoms with E-state index in [0.717, 1.165) is 18.7 Å². The lowest BCUT2D eigenvalue weighted by atomic mass is 10.1. The highest BCUT2D eigenvalue weighted by molar-refractivity contribution is 9.13. The van der Waals surface area contributed by atoms with Crippen molar-refractivity contribution in [2.75, 3.05) is 0 Å². The quantitative estimate of drug-likeness (QED) is 0.746. The summed E-state index contributed by atoms with van der Waals surface area (Å²) in [5, 5.41) is 0.0904. The largest absolute Gasteiger partial charge is 0.320 e. The van der Waals surface area contributed by atoms with Gasteiger partial charge in [0, 0.05) is 9.35 Å². The second-order valence-corrected chi connectivity index (χ2v) is 7.08. The Morgan fingerprint density at radius 3 is 2.53 bits per heavy atom. The maximum Gasteiger partial charge on any atom is 0.141 e. The van der Waals surface area contributed by atoms with Crippen molar-refractivity contribution in [1.82, 2.24) is 0 Å². The first-order valence-electron chi connectivity index (χ1n) is 4.64. The maximum absolute atomic E-state index is 13.0. The minimum atomic E-state index is -0.434. The molecule has 1 heterocycles. The summed E-state index contributed by atoms with van der Waals surface area (Å²) in [6, 6.07) is 6.17. The highest BCUT2D eigenvalue weighted by Gasteiger charge is 2.15. The molecule has 1 unspecified atom stereocenters. The molecule has 1 atom stereocenters. The highest BCUT2D eigenvalue weighted by Crippen LogP contribution is 2.37. The smallest absolute Gasteiger partial charge is 0.141 e. The molecule has 2 N–H and O–H groups in total. The third-order valence-corrected chi connectivity index (χ3v) is 5.90. The summed E-state index contributed by atoms with van der Waals surface area (Å²) in [4.78, 5) is 0.978. The van der Waals surface area contributed by atoms with Gasteiger partial charge in [-0.15, -0.1) is 11.3 Å². The summed E-state index contributed by atoms with van der Waals surface area (Å²) >= 11 is 14.1. The average Bonchev–Trinajstić information content (AvgIpc) is 2.62. The number of benzene rings is 1. The van der Waals surface area contributed by atoms with Gasteiger partial charge >= 0.3 is 0 Å². The van der Waals surface area contributed by atoms with Crippen LogP contribution in [0.25, 0.3) is 0 Å². The van der Waals surface area contributed by atoms with Crippen molar-refractivity contribution in [1.29, 1.82) is 0 Å². The Balaban J connectivity index is 2.36. The van der Waals surface area contributed by atoms with E-state index < -0.39 is 5.82 Å². The fraction of sp³-hybridized carbons (Fsp3) is 0.0909. The highest BCUT2D eigenvalue weighted by atomic mass is 79.9. The van der Waals surface area contributed by atoms with E-state index in [1.54, 1.807) is 12.1 Å². The fourth-order valence-corrected chi connectivity index (χ4v) is 3.70. The van der Waals surface area contributed by atoms with Crippen molar-refractivity contribution < 1.29 is 4.39 Å². The lowest BCUT2D eigenvalue weighted by Crippen LogP contribution is -2.10. The molecule has 1 aromatic heterocycles. The van der Waals surface area contributed by atoms with Gasteiger partial charge in [-0.2, -0.15) is 0 Å². The van der Waals surface area contributed by atoms with Crippen LogP contribution in [0.4, 0.5) is 4.39 Å². The Hall–Kier alpha value is 0.0600. The van der Waals surface area contributed by atoms with Gasteiger partial charge in [-0.3, -0.25) is 0 Å². The Morgan fingerprint density at radius 1 is 1.29 bits per heavy atom. The van der Waals surface area contributed by atoms with Gasteiger partial charge in [-0.1, -0.05) is 17.7 Å². The van der Waals surface area contributed by atoms with Gasteiger partial charge in [0.2, 0.25) is 0 Å². The standard InChI is InChI=1S/C11H7Br2ClFNS/c12-6-4-9(17-11(6)13)10(16)5-1-2-8(15)7(14)3-5/h1-4,10H,16H2. The topological polar surface area (TPSA) is 26.0 Å². The molecular weight excluding hydrogens is 392 g/mol. The molecule has 90 valence electrons. The summed E-state index contributed by atoms with van der Waals surface area (Å²) in [7, 11) is 0. The van der Waals surface area contributed by atoms with Gasteiger partial charge in [0.05, 0.1) is 14.9 Å². The van der Waals surface area contributed by atoms with Crippen LogP contribution in [0, 0.1) is 5.82 Å². The van der Waals surface area contributed by atoms with Gasteiger partial charge in [-0.25, -0.2) is 4.39 Å². The number of rotatable bonds is 2. The Morgan fingerprint density at radius 2 is 2.00 bits per heavy atom. The molecule has 0 bridgehead atoms. The van der Waals surface area contributed by atoms with Gasteiger partial charge in [-0.05, 0) is 55.6 Å². The number of hydrogen-bond acceptors (Lipinski definition) is 2. The minimum Gasteiger partial charge on any atom is -0.320 e. The molecule has 0 saturated carbocycles. The zero-order chi connectivity index (χ0) is 12.6. The van der Waals surface area contributed by atoms with Crippen molar-refractivity contribution in [2.24, 2.45) is 5.73 Å². The summed E-state index contributed by atoms with van der Waals surface area (Å²) < 4.78 is 15.0. The van der Waals surface area contributed by atoms with E-state index in [-0.39, 0.29) is 11.1 Å². The van der Waals surface area contributed by atoms with Crippen molar-refractivity contribution in [3.8, 4) is 0 Å². The summed E-state index contributed by atoms with van der Waals surface area (Å²) in [6.45, 7) is 0. The number of thiophene rings is 1. The molecule has 0 amide bonds. The van der Waals surface area contributed by atoms with Gasteiger partial charge < -0.3 is 5.73 Å². The molecule has 1 nitrogen and oxygen atoms in total. The van der Waals surface area contributed by atoms with Gasteiger partial charge in [0.15, 0.2) is 0 Å². The molecule has 0 saturated heterocycles. The van der Waals surface area contributed by atoms with Crippen LogP contribution >= 0.6 is 54.8 Å². The molecular formula is C11H7Br2ClFNS. The zero-order valence-electron chi connectivity index (χ0n) is 8.38. The van der Waals surface area contributed by atoms with Gasteiger partial charge in [0.25, 0.3) is 0 Å². The second-order valence-electron chi connectivity index (χ2n) is 3.42. The van der Waals surface area contributed by atoms with Crippen LogP contribution in [0.1, 0.15) is 16.5 Å². The van der Waals surface area contributed by atoms with E-state index in [9.17, 15) is 4.39 Å². The van der Waals surface area contributed by atoms with Crippen LogP contribution < -0.4 is 5.73 Å². The summed E-state index contributed by atoms with van der Waals surface area (Å²) in [6.07, 6.45) is 0. The predicted molar refractivity (Wildman–Crippen MR) is 77.2 cm³/mol. The molecule has 0 spiro atoms. The first kappa shape index (κ1) is 13.5. The van der Waals surface area contributed by atoms with Crippen LogP contribution in [0.15, 0.2) is 32.5 Å². The first-order valence-corrected chi connectivity index (χ1v) is 7.42. The van der Waals surface area contributed by atoms with E-state index in [1.165, 1.54) is 17.4 Å². The van der Waals surface area contributed by atoms with Crippen molar-refractivity contribution in [3.05, 3.63) is 53.8 Å². The van der Waals surface area contributed by atoms with Crippen molar-refractivity contribution in [3.63, 3.8) is 0 Å². The van der Waals surface area contributed by atoms with E-state index in [2.05, 4.69) is 31.9 Å². The van der Waals surface area contributed by atoms with Gasteiger partial charge in [0.1, 0.15) is 5.82 Å². The predicted octanol–water partition coefficient (Wildman–Crippen LogP) is 5.11. The Labute approximate surface area is 124 Å². The van der Waals surface area contributed by atoms with Crippen molar-refractivity contribution >= 4 is 54.8 Å². The maximum atomic E-state index is 13.0. The van der Waals surface area contributed by atoms with E-state index in [0.29, 0.717) is 0 Å². The molecule has 1 aromatic carbocycles.